The molecular formula is C111H121N29O10. The first-order valence-corrected chi connectivity index (χ1v) is 50.7. The van der Waals surface area contributed by atoms with Gasteiger partial charge in [0, 0.05) is 152 Å². The lowest BCUT2D eigenvalue weighted by molar-refractivity contribution is 0.0924. The average Bonchev–Trinajstić information content (AvgIpc) is 1.64. The molecule has 0 spiro atoms. The van der Waals surface area contributed by atoms with E-state index in [9.17, 15) is 43.2 Å². The fourth-order valence-electron chi connectivity index (χ4n) is 18.7. The van der Waals surface area contributed by atoms with Crippen molar-refractivity contribution in [3.63, 3.8) is 0 Å². The molecule has 13 heterocycles. The number of nitrogens with one attached hydrogen (secondary N) is 13. The van der Waals surface area contributed by atoms with Crippen molar-refractivity contribution < 1.29 is 47.9 Å². The molecule has 39 heteroatoms. The van der Waals surface area contributed by atoms with Gasteiger partial charge in [0.2, 0.25) is 0 Å². The number of hydrogen-bond acceptors (Lipinski definition) is 25. The molecular weight excluding hydrogens is 1900 g/mol. The fourth-order valence-corrected chi connectivity index (χ4v) is 18.7. The number of piperidine rings is 1. The maximum absolute atomic E-state index is 13.1. The summed E-state index contributed by atoms with van der Waals surface area (Å²) in [5.74, 6) is -2.27. The van der Waals surface area contributed by atoms with Crippen LogP contribution in [-0.2, 0) is 11.3 Å². The minimum atomic E-state index is -0.413. The van der Waals surface area contributed by atoms with Crippen LogP contribution in [0.5, 0.6) is 0 Å². The van der Waals surface area contributed by atoms with Crippen LogP contribution in [0.2, 0.25) is 0 Å². The van der Waals surface area contributed by atoms with Crippen molar-refractivity contribution >= 4 is 137 Å². The number of H-pyrrole nitrogens is 4. The summed E-state index contributed by atoms with van der Waals surface area (Å²) in [4.78, 5) is 154. The number of aromatic amines is 4. The molecule has 39 nitrogen and oxygen atoms in total. The zero-order chi connectivity index (χ0) is 105. The van der Waals surface area contributed by atoms with Crippen molar-refractivity contribution in [1.29, 1.82) is 0 Å². The number of rotatable bonds is 26. The lowest BCUT2D eigenvalue weighted by Gasteiger charge is -2.28. The van der Waals surface area contributed by atoms with Crippen molar-refractivity contribution in [2.45, 2.75) is 167 Å². The molecule has 12 aromatic heterocycles. The van der Waals surface area contributed by atoms with Gasteiger partial charge < -0.3 is 73.0 Å². The second-order valence-electron chi connectivity index (χ2n) is 38.1. The van der Waals surface area contributed by atoms with Crippen LogP contribution in [0.4, 0.5) is 44.6 Å². The van der Waals surface area contributed by atoms with Gasteiger partial charge in [0.05, 0.1) is 99.1 Å². The average molecular weight is 2020 g/mol. The highest BCUT2D eigenvalue weighted by molar-refractivity contribution is 6.15. The number of nitrogens with two attached hydrogens (primary N) is 1. The number of nitrogens with zero attached hydrogens (tertiary/aromatic N) is 15. The number of hydrogen-bond donors (Lipinski definition) is 14. The van der Waals surface area contributed by atoms with Gasteiger partial charge in [-0.2, -0.15) is 20.4 Å². The molecule has 0 atom stereocenters. The first-order valence-electron chi connectivity index (χ1n) is 50.7. The molecule has 4 saturated carbocycles. The second kappa shape index (κ2) is 49.6. The molecule has 10 amide bonds. The predicted octanol–water partition coefficient (Wildman–Crippen LogP) is 17.5. The minimum absolute atomic E-state index is 0.181. The lowest BCUT2D eigenvalue weighted by Crippen LogP contribution is -2.33. The molecule has 5 fully saturated rings. The van der Waals surface area contributed by atoms with Crippen LogP contribution in [0.3, 0.4) is 0 Å². The summed E-state index contributed by atoms with van der Waals surface area (Å²) in [5.41, 5.74) is 23.6. The Morgan fingerprint density at radius 1 is 0.327 bits per heavy atom. The van der Waals surface area contributed by atoms with Gasteiger partial charge in [0.1, 0.15) is 22.8 Å². The van der Waals surface area contributed by atoms with Crippen LogP contribution >= 0.6 is 0 Å². The number of carbonyl (C=O) groups is 9. The summed E-state index contributed by atoms with van der Waals surface area (Å²) in [6, 6.07) is 44.6. The van der Waals surface area contributed by atoms with Gasteiger partial charge in [-0.1, -0.05) is 75.6 Å². The normalized spacial score (nSPS) is 14.1. The summed E-state index contributed by atoms with van der Waals surface area (Å²) in [6.45, 7) is 8.56. The fraction of sp³-hybridized carbons (Fsp3) is 0.306. The molecule has 150 heavy (non-hydrogen) atoms. The summed E-state index contributed by atoms with van der Waals surface area (Å²) in [5, 5.41) is 57.4. The van der Waals surface area contributed by atoms with Crippen LogP contribution in [0.1, 0.15) is 225 Å². The Morgan fingerprint density at radius 2 is 0.647 bits per heavy atom. The van der Waals surface area contributed by atoms with E-state index in [0.717, 1.165) is 213 Å². The number of pyridine rings is 8. The van der Waals surface area contributed by atoms with Gasteiger partial charge >= 0.3 is 6.03 Å². The minimum Gasteiger partial charge on any atom is -0.397 e. The maximum atomic E-state index is 13.1. The second-order valence-corrected chi connectivity index (χ2v) is 38.1. The van der Waals surface area contributed by atoms with Gasteiger partial charge in [0.15, 0.2) is 22.8 Å². The molecule has 0 unspecified atom stereocenters. The Hall–Kier alpha value is -17.5. The van der Waals surface area contributed by atoms with E-state index in [2.05, 4.69) is 150 Å². The third-order valence-electron chi connectivity index (χ3n) is 26.5. The molecule has 4 aliphatic carbocycles. The molecule has 1 saturated heterocycles. The van der Waals surface area contributed by atoms with E-state index in [-0.39, 0.29) is 88.6 Å². The van der Waals surface area contributed by atoms with Gasteiger partial charge in [-0.25, -0.2) is 24.7 Å². The van der Waals surface area contributed by atoms with E-state index in [0.29, 0.717) is 84.3 Å². The van der Waals surface area contributed by atoms with Crippen molar-refractivity contribution in [2.75, 3.05) is 91.7 Å². The van der Waals surface area contributed by atoms with Crippen LogP contribution in [0, 0.1) is 0 Å². The molecule has 21 rings (SSSR count). The molecule has 1 aliphatic heterocycles. The number of ether oxygens (including phenoxy) is 1. The van der Waals surface area contributed by atoms with E-state index in [1.54, 1.807) is 87.4 Å². The molecule has 16 aromatic rings. The highest BCUT2D eigenvalue weighted by atomic mass is 16.5. The monoisotopic (exact) mass is 2020 g/mol. The smallest absolute Gasteiger partial charge is 0.321 e. The molecule has 15 N–H and O–H groups in total. The van der Waals surface area contributed by atoms with Crippen molar-refractivity contribution in [2.24, 2.45) is 0 Å². The standard InChI is InChI=1S/C29H31N7O2.C27H28N8O3.C27H29N7O2.C24H23N7O2.C4H10O/c37-28(32-21-6-2-3-7-21)26-11-9-22(17-31-26)33-29(38)27-24-15-19(8-10-25(24)34-35-27)20-14-23(18-30-16-20)36-12-4-1-5-13-36;1-35(2)27(38)32-20-11-17(13-28-14-20)16-7-9-22-21(12-16)24(34-33-22)26(37)31-19-8-10-23(29-15-19)25(36)30-18-5-3-4-6-18;1-34(2)16-17-11-19(14-28-13-17)18-7-9-23-22(12-18)25(33-32-23)27(36)31-21-8-10-24(29-15-21)26(35)30-20-5-3-4-6-20;25-16-9-15(11-26-12-16)14-5-7-20-19(10-14)22(31-30-20)24(33)29-18-6-8-21(27-13-18)23(32)28-17-3-1-2-4-17;1-3-5-4-2/h8-11,14-18,21H,1-7,12-13H2,(H,32,37)(H,33,38)(H,34,35);7-15,18H,3-6H2,1-2H3,(H,30,36)(H,31,37)(H,32,38)(H,33,34);7-15,20H,3-6,16H2,1-2H3,(H,30,35)(H,31,36)(H,32,33);5-13,17H,1-4,25H2,(H,28,32)(H,29,33)(H,30,31);3-4H2,1-2H3. The predicted molar refractivity (Wildman–Crippen MR) is 578 cm³/mol. The molecule has 0 radical (unpaired) electrons. The summed E-state index contributed by atoms with van der Waals surface area (Å²) >= 11 is 0. The van der Waals surface area contributed by atoms with Gasteiger partial charge in [-0.05, 0) is 248 Å². The Labute approximate surface area is 865 Å². The number of aromatic nitrogens is 16. The van der Waals surface area contributed by atoms with E-state index in [4.69, 9.17) is 10.5 Å². The summed E-state index contributed by atoms with van der Waals surface area (Å²) < 4.78 is 4.83. The highest BCUT2D eigenvalue weighted by Crippen LogP contribution is 2.35. The van der Waals surface area contributed by atoms with Crippen molar-refractivity contribution in [1.82, 2.24) is 112 Å². The summed E-state index contributed by atoms with van der Waals surface area (Å²) in [7, 11) is 7.35. The number of urea groups is 1. The summed E-state index contributed by atoms with van der Waals surface area (Å²) in [6.07, 6.45) is 40.8. The van der Waals surface area contributed by atoms with Crippen LogP contribution < -0.4 is 58.5 Å². The first-order chi connectivity index (χ1) is 72.9. The molecule has 0 bridgehead atoms. The van der Waals surface area contributed by atoms with Crippen molar-refractivity contribution in [3.05, 3.63) is 271 Å². The number of carbonyl (C=O) groups excluding carboxylic acids is 9. The Balaban J connectivity index is 0.000000134. The van der Waals surface area contributed by atoms with E-state index >= 15 is 0 Å². The van der Waals surface area contributed by atoms with E-state index < -0.39 is 5.91 Å². The van der Waals surface area contributed by atoms with Gasteiger partial charge in [-0.3, -0.25) is 78.7 Å². The number of anilines is 7. The Bertz CT molecular complexity index is 7460. The van der Waals surface area contributed by atoms with Crippen molar-refractivity contribution in [3.8, 4) is 44.5 Å². The van der Waals surface area contributed by atoms with Crippen LogP contribution in [-0.4, -0.2) is 222 Å². The highest BCUT2D eigenvalue weighted by Gasteiger charge is 2.28. The number of benzene rings is 4. The topological polar surface area (TPSA) is 525 Å². The largest absolute Gasteiger partial charge is 0.397 e. The SMILES string of the molecule is CCOCC.CN(C)C(=O)Nc1cncc(-c2ccc3[nH]nc(C(=O)Nc4ccc(C(=O)NC5CCCC5)nc4)c3c2)c1.CN(C)Cc1cncc(-c2ccc3[nH]nc(C(=O)Nc4ccc(C(=O)NC5CCCC5)nc4)c3c2)c1.Nc1cncc(-c2ccc3[nH]nc(C(=O)Nc4ccc(C(=O)NC5CCCC5)nc4)c3c2)c1.O=C(NC1CCCC1)c1ccc(NC(=O)c2n[nH]c3ccc(-c4cncc(N5CCCCC5)c4)cc23)cn1. The Kier molecular flexibility index (Phi) is 34.4. The molecule has 770 valence electrons. The van der Waals surface area contributed by atoms with Gasteiger partial charge in [0.25, 0.3) is 47.3 Å². The Morgan fingerprint density at radius 3 is 0.960 bits per heavy atom. The van der Waals surface area contributed by atoms with Crippen LogP contribution in [0.25, 0.3) is 88.1 Å². The van der Waals surface area contributed by atoms with E-state index in [1.807, 2.05) is 138 Å². The zero-order valence-electron chi connectivity index (χ0n) is 84.4. The quantitative estimate of drug-likeness (QED) is 0.0239. The third kappa shape index (κ3) is 27.0. The molecule has 5 aliphatic rings. The lowest BCUT2D eigenvalue weighted by atomic mass is 10.0. The van der Waals surface area contributed by atoms with Gasteiger partial charge in [-0.15, -0.1) is 0 Å². The number of amides is 10. The first kappa shape index (κ1) is 104. The van der Waals surface area contributed by atoms with E-state index in [1.165, 1.54) is 48.9 Å². The number of nitrogen functional groups attached to an aromatic ring is 1. The zero-order valence-corrected chi connectivity index (χ0v) is 84.4. The maximum Gasteiger partial charge on any atom is 0.321 e. The third-order valence-corrected chi connectivity index (χ3v) is 26.5. The number of fused-ring (bicyclic) bond motifs is 4. The van der Waals surface area contributed by atoms with Crippen LogP contribution in [0.15, 0.2) is 220 Å². The molecule has 4 aromatic carbocycles.